The van der Waals surface area contributed by atoms with Gasteiger partial charge >= 0.3 is 23.9 Å². The number of ether oxygens (including phenoxy) is 6. The third kappa shape index (κ3) is 8.11. The zero-order valence-electron chi connectivity index (χ0n) is 16.2. The maximum Gasteiger partial charge on any atom is 0.303 e. The average molecular weight is 469 g/mol. The van der Waals surface area contributed by atoms with Crippen LogP contribution < -0.4 is 0 Å². The molecule has 0 aromatic carbocycles. The smallest absolute Gasteiger partial charge is 0.303 e. The van der Waals surface area contributed by atoms with Crippen LogP contribution in [0.4, 0.5) is 0 Å². The summed E-state index contributed by atoms with van der Waals surface area (Å²) in [4.78, 5) is 46.0. The van der Waals surface area contributed by atoms with Gasteiger partial charge in [-0.2, -0.15) is 0 Å². The van der Waals surface area contributed by atoms with Gasteiger partial charge in [0, 0.05) is 33.0 Å². The third-order valence-electron chi connectivity index (χ3n) is 3.51. The molecular weight excluding hydrogens is 444 g/mol. The topological polar surface area (TPSA) is 124 Å². The van der Waals surface area contributed by atoms with E-state index in [2.05, 4.69) is 15.9 Å². The molecule has 0 bridgehead atoms. The second-order valence-corrected chi connectivity index (χ2v) is 6.77. The quantitative estimate of drug-likeness (QED) is 0.208. The van der Waals surface area contributed by atoms with Gasteiger partial charge in [0.15, 0.2) is 24.6 Å². The molecule has 0 saturated carbocycles. The molecule has 0 radical (unpaired) electrons. The molecule has 2 unspecified atom stereocenters. The summed E-state index contributed by atoms with van der Waals surface area (Å²) in [6.45, 7) is 4.67. The highest BCUT2D eigenvalue weighted by atomic mass is 79.9. The van der Waals surface area contributed by atoms with Crippen LogP contribution in [0.25, 0.3) is 0 Å². The van der Waals surface area contributed by atoms with Crippen LogP contribution in [-0.4, -0.2) is 73.1 Å². The average Bonchev–Trinajstić information content (AvgIpc) is 2.57. The Hall–Kier alpha value is -1.72. The number of rotatable bonds is 9. The van der Waals surface area contributed by atoms with Gasteiger partial charge in [-0.05, 0) is 6.42 Å². The van der Waals surface area contributed by atoms with E-state index < -0.39 is 54.6 Å². The van der Waals surface area contributed by atoms with E-state index in [0.717, 1.165) is 13.8 Å². The van der Waals surface area contributed by atoms with Crippen LogP contribution in [0.5, 0.6) is 0 Å². The maximum atomic E-state index is 11.6. The summed E-state index contributed by atoms with van der Waals surface area (Å²) in [6.07, 6.45) is -5.07. The Labute approximate surface area is 171 Å². The van der Waals surface area contributed by atoms with E-state index in [1.54, 1.807) is 0 Å². The molecule has 1 heterocycles. The van der Waals surface area contributed by atoms with Crippen molar-refractivity contribution in [2.75, 3.05) is 18.5 Å². The predicted octanol–water partition coefficient (Wildman–Crippen LogP) is 0.871. The SMILES string of the molecule is CC(=O)OCC1O[C@@H](OCCCBr)C(OC(C)=O)[C@@H](OC(C)=O)[C@H]1OC(C)=O. The number of halogens is 1. The molecule has 1 fully saturated rings. The van der Waals surface area contributed by atoms with Crippen molar-refractivity contribution in [3.8, 4) is 0 Å². The minimum absolute atomic E-state index is 0.249. The fourth-order valence-electron chi connectivity index (χ4n) is 2.58. The zero-order valence-corrected chi connectivity index (χ0v) is 17.8. The van der Waals surface area contributed by atoms with Crippen LogP contribution in [0, 0.1) is 0 Å². The van der Waals surface area contributed by atoms with Gasteiger partial charge in [-0.1, -0.05) is 15.9 Å². The Morgan fingerprint density at radius 1 is 0.821 bits per heavy atom. The zero-order chi connectivity index (χ0) is 21.3. The van der Waals surface area contributed by atoms with Gasteiger partial charge in [-0.15, -0.1) is 0 Å². The van der Waals surface area contributed by atoms with Gasteiger partial charge in [-0.25, -0.2) is 0 Å². The van der Waals surface area contributed by atoms with Crippen molar-refractivity contribution in [1.29, 1.82) is 0 Å². The first kappa shape index (κ1) is 24.3. The fourth-order valence-corrected chi connectivity index (χ4v) is 2.81. The normalized spacial score (nSPS) is 26.8. The molecule has 1 aliphatic heterocycles. The minimum atomic E-state index is -1.21. The summed E-state index contributed by atoms with van der Waals surface area (Å²) in [7, 11) is 0. The van der Waals surface area contributed by atoms with Crippen LogP contribution in [0.1, 0.15) is 34.1 Å². The van der Waals surface area contributed by atoms with Crippen molar-refractivity contribution in [1.82, 2.24) is 0 Å². The number of carbonyl (C=O) groups is 4. The number of hydrogen-bond acceptors (Lipinski definition) is 10. The Morgan fingerprint density at radius 2 is 1.36 bits per heavy atom. The molecule has 0 aliphatic carbocycles. The molecular formula is C17H25BrO10. The summed E-state index contributed by atoms with van der Waals surface area (Å²) in [5.41, 5.74) is 0. The highest BCUT2D eigenvalue weighted by molar-refractivity contribution is 9.09. The lowest BCUT2D eigenvalue weighted by Crippen LogP contribution is -2.63. The van der Waals surface area contributed by atoms with Crippen LogP contribution >= 0.6 is 15.9 Å². The van der Waals surface area contributed by atoms with E-state index in [1.807, 2.05) is 0 Å². The lowest BCUT2D eigenvalue weighted by atomic mass is 9.98. The molecule has 1 aliphatic rings. The third-order valence-corrected chi connectivity index (χ3v) is 4.07. The molecule has 0 amide bonds. The van der Waals surface area contributed by atoms with Crippen molar-refractivity contribution in [3.63, 3.8) is 0 Å². The lowest BCUT2D eigenvalue weighted by molar-refractivity contribution is -0.308. The molecule has 1 rings (SSSR count). The van der Waals surface area contributed by atoms with E-state index in [9.17, 15) is 19.2 Å². The molecule has 0 spiro atoms. The van der Waals surface area contributed by atoms with Crippen LogP contribution in [-0.2, 0) is 47.6 Å². The molecule has 11 heteroatoms. The first-order valence-corrected chi connectivity index (χ1v) is 9.75. The highest BCUT2D eigenvalue weighted by Crippen LogP contribution is 2.30. The summed E-state index contributed by atoms with van der Waals surface area (Å²) in [6, 6.07) is 0. The summed E-state index contributed by atoms with van der Waals surface area (Å²) >= 11 is 3.27. The van der Waals surface area contributed by atoms with Crippen molar-refractivity contribution in [2.24, 2.45) is 0 Å². The second-order valence-electron chi connectivity index (χ2n) is 5.98. The number of hydrogen-bond donors (Lipinski definition) is 0. The van der Waals surface area contributed by atoms with Crippen molar-refractivity contribution >= 4 is 39.8 Å². The molecule has 0 aromatic rings. The number of esters is 4. The van der Waals surface area contributed by atoms with E-state index in [4.69, 9.17) is 28.4 Å². The molecule has 160 valence electrons. The summed E-state index contributed by atoms with van der Waals surface area (Å²) in [5.74, 6) is -2.61. The van der Waals surface area contributed by atoms with Crippen LogP contribution in [0.15, 0.2) is 0 Å². The summed E-state index contributed by atoms with van der Waals surface area (Å²) < 4.78 is 32.2. The van der Waals surface area contributed by atoms with Gasteiger partial charge in [0.05, 0.1) is 6.61 Å². The molecule has 1 saturated heterocycles. The first-order valence-electron chi connectivity index (χ1n) is 8.63. The Kier molecular flexibility index (Phi) is 10.4. The van der Waals surface area contributed by atoms with Gasteiger partial charge in [-0.3, -0.25) is 19.2 Å². The van der Waals surface area contributed by atoms with Crippen molar-refractivity contribution in [3.05, 3.63) is 0 Å². The van der Waals surface area contributed by atoms with E-state index in [1.165, 1.54) is 13.8 Å². The minimum Gasteiger partial charge on any atom is -0.463 e. The highest BCUT2D eigenvalue weighted by Gasteiger charge is 2.52. The molecule has 0 aromatic heterocycles. The van der Waals surface area contributed by atoms with Gasteiger partial charge in [0.25, 0.3) is 0 Å². The van der Waals surface area contributed by atoms with Crippen LogP contribution in [0.3, 0.4) is 0 Å². The first-order chi connectivity index (χ1) is 13.1. The van der Waals surface area contributed by atoms with E-state index in [-0.39, 0.29) is 13.2 Å². The monoisotopic (exact) mass is 468 g/mol. The number of alkyl halides is 1. The molecule has 28 heavy (non-hydrogen) atoms. The van der Waals surface area contributed by atoms with Gasteiger partial charge < -0.3 is 28.4 Å². The Morgan fingerprint density at radius 3 is 1.86 bits per heavy atom. The van der Waals surface area contributed by atoms with Crippen molar-refractivity contribution in [2.45, 2.75) is 64.8 Å². The molecule has 10 nitrogen and oxygen atoms in total. The largest absolute Gasteiger partial charge is 0.463 e. The van der Waals surface area contributed by atoms with Crippen LogP contribution in [0.2, 0.25) is 0 Å². The van der Waals surface area contributed by atoms with Crippen molar-refractivity contribution < 1.29 is 47.6 Å². The second kappa shape index (κ2) is 12.0. The Balaban J connectivity index is 3.21. The molecule has 0 N–H and O–H groups in total. The maximum absolute atomic E-state index is 11.6. The van der Waals surface area contributed by atoms with E-state index in [0.29, 0.717) is 11.8 Å². The summed E-state index contributed by atoms with van der Waals surface area (Å²) in [5, 5.41) is 0.665. The van der Waals surface area contributed by atoms with Gasteiger partial charge in [0.1, 0.15) is 12.7 Å². The Bertz CT molecular complexity index is 566. The molecule has 5 atom stereocenters. The van der Waals surface area contributed by atoms with E-state index >= 15 is 0 Å². The fraction of sp³-hybridized carbons (Fsp3) is 0.765. The predicted molar refractivity (Wildman–Crippen MR) is 96.3 cm³/mol. The van der Waals surface area contributed by atoms with Gasteiger partial charge in [0.2, 0.25) is 0 Å². The number of carbonyl (C=O) groups excluding carboxylic acids is 4. The lowest BCUT2D eigenvalue weighted by Gasteiger charge is -2.44. The standard InChI is InChI=1S/C17H25BrO10/c1-9(19)24-8-13-14(25-10(2)20)15(26-11(3)21)16(27-12(4)22)17(28-13)23-7-5-6-18/h13-17H,5-8H2,1-4H3/t13?,14-,15-,16?,17+/m0/s1.